The van der Waals surface area contributed by atoms with Crippen LogP contribution in [0.5, 0.6) is 0 Å². The van der Waals surface area contributed by atoms with Crippen molar-refractivity contribution in [3.05, 3.63) is 0 Å². The summed E-state index contributed by atoms with van der Waals surface area (Å²) >= 11 is 0. The highest BCUT2D eigenvalue weighted by Crippen LogP contribution is 2.34. The average Bonchev–Trinajstić information content (AvgIpc) is 2.58. The highest BCUT2D eigenvalue weighted by Gasteiger charge is 2.26. The molecule has 0 rings (SSSR count). The fraction of sp³-hybridized carbons (Fsp3) is 1.00. The molecule has 0 saturated heterocycles. The lowest BCUT2D eigenvalue weighted by Crippen LogP contribution is -2.26. The van der Waals surface area contributed by atoms with Gasteiger partial charge in [-0.15, -0.1) is 0 Å². The summed E-state index contributed by atoms with van der Waals surface area (Å²) in [6, 6.07) is 0. The van der Waals surface area contributed by atoms with Crippen LogP contribution in [0.4, 0.5) is 0 Å². The smallest absolute Gasteiger partial charge is 0.0386 e. The molecule has 0 aromatic carbocycles. The van der Waals surface area contributed by atoms with Crippen molar-refractivity contribution in [3.8, 4) is 0 Å². The molecular formula is C24H50. The Hall–Kier alpha value is 0. The van der Waals surface area contributed by atoms with Crippen LogP contribution in [0.3, 0.4) is 0 Å². The number of rotatable bonds is 14. The Morgan fingerprint density at radius 3 is 1.42 bits per heavy atom. The monoisotopic (exact) mass is 338 g/mol. The largest absolute Gasteiger partial charge is 0.0654 e. The van der Waals surface area contributed by atoms with Crippen LogP contribution in [-0.4, -0.2) is 0 Å². The molecule has 0 heteroatoms. The minimum Gasteiger partial charge on any atom is -0.0654 e. The highest BCUT2D eigenvalue weighted by atomic mass is 14.3. The van der Waals surface area contributed by atoms with Gasteiger partial charge in [0.2, 0.25) is 0 Å². The second-order valence-electron chi connectivity index (χ2n) is 9.32. The number of hydrogen-bond acceptors (Lipinski definition) is 0. The lowest BCUT2D eigenvalue weighted by Gasteiger charge is -2.34. The fourth-order valence-electron chi connectivity index (χ4n) is 4.20. The van der Waals surface area contributed by atoms with Crippen LogP contribution >= 0.6 is 0 Å². The van der Waals surface area contributed by atoms with E-state index in [0.717, 1.165) is 41.4 Å². The third kappa shape index (κ3) is 8.91. The van der Waals surface area contributed by atoms with Crippen LogP contribution in [0.2, 0.25) is 0 Å². The summed E-state index contributed by atoms with van der Waals surface area (Å²) in [6.45, 7) is 22.0. The van der Waals surface area contributed by atoms with Crippen LogP contribution in [0.25, 0.3) is 0 Å². The molecule has 0 N–H and O–H groups in total. The Bertz CT molecular complexity index is 282. The number of unbranched alkanes of at least 4 members (excludes halogenated alkanes) is 2. The molecule has 0 aliphatic carbocycles. The maximum absolute atomic E-state index is 2.50. The van der Waals surface area contributed by atoms with Crippen molar-refractivity contribution >= 4 is 0 Å². The molecule has 24 heavy (non-hydrogen) atoms. The molecule has 0 radical (unpaired) electrons. The highest BCUT2D eigenvalue weighted by molar-refractivity contribution is 4.76. The van der Waals surface area contributed by atoms with E-state index < -0.39 is 0 Å². The quantitative estimate of drug-likeness (QED) is 0.278. The summed E-state index contributed by atoms with van der Waals surface area (Å²) in [5.74, 6) is 6.10. The van der Waals surface area contributed by atoms with Crippen molar-refractivity contribution in [2.45, 2.75) is 114 Å². The van der Waals surface area contributed by atoms with Gasteiger partial charge in [-0.2, -0.15) is 0 Å². The standard InChI is InChI=1S/C24H50/c1-10-12-13-15-19(4)20(5)16-14-17-21(6)23(8)24(9)22(7)18(3)11-2/h18-24H,10-17H2,1-9H3. The normalized spacial score (nSPS) is 20.9. The molecule has 0 aliphatic rings. The fourth-order valence-corrected chi connectivity index (χ4v) is 4.20. The molecule has 7 unspecified atom stereocenters. The van der Waals surface area contributed by atoms with Gasteiger partial charge in [0.1, 0.15) is 0 Å². The van der Waals surface area contributed by atoms with Crippen molar-refractivity contribution in [3.63, 3.8) is 0 Å². The summed E-state index contributed by atoms with van der Waals surface area (Å²) in [5, 5.41) is 0. The van der Waals surface area contributed by atoms with Gasteiger partial charge in [-0.1, -0.05) is 114 Å². The van der Waals surface area contributed by atoms with Crippen molar-refractivity contribution in [1.29, 1.82) is 0 Å². The van der Waals surface area contributed by atoms with Gasteiger partial charge in [0.05, 0.1) is 0 Å². The molecule has 146 valence electrons. The Balaban J connectivity index is 4.12. The minimum absolute atomic E-state index is 0.848. The van der Waals surface area contributed by atoms with Gasteiger partial charge in [-0.05, 0) is 41.4 Å². The summed E-state index contributed by atoms with van der Waals surface area (Å²) < 4.78 is 0. The maximum Gasteiger partial charge on any atom is -0.0386 e. The van der Waals surface area contributed by atoms with Crippen LogP contribution in [0.1, 0.15) is 114 Å². The van der Waals surface area contributed by atoms with Crippen LogP contribution in [0, 0.1) is 41.4 Å². The van der Waals surface area contributed by atoms with Crippen molar-refractivity contribution < 1.29 is 0 Å². The Morgan fingerprint density at radius 2 is 0.917 bits per heavy atom. The first kappa shape index (κ1) is 24.0. The molecule has 0 fully saturated rings. The van der Waals surface area contributed by atoms with Gasteiger partial charge in [0, 0.05) is 0 Å². The van der Waals surface area contributed by atoms with Crippen LogP contribution in [-0.2, 0) is 0 Å². The predicted molar refractivity (Wildman–Crippen MR) is 112 cm³/mol. The minimum atomic E-state index is 0.848. The lowest BCUT2D eigenvalue weighted by molar-refractivity contribution is 0.158. The third-order valence-corrected chi connectivity index (χ3v) is 7.65. The van der Waals surface area contributed by atoms with E-state index in [0.29, 0.717) is 0 Å². The van der Waals surface area contributed by atoms with E-state index in [1.165, 1.54) is 51.4 Å². The van der Waals surface area contributed by atoms with Crippen molar-refractivity contribution in [2.24, 2.45) is 41.4 Å². The average molecular weight is 339 g/mol. The third-order valence-electron chi connectivity index (χ3n) is 7.65. The second kappa shape index (κ2) is 13.2. The first-order chi connectivity index (χ1) is 11.3. The van der Waals surface area contributed by atoms with E-state index in [1.54, 1.807) is 0 Å². The summed E-state index contributed by atoms with van der Waals surface area (Å²) in [4.78, 5) is 0. The molecule has 0 nitrogen and oxygen atoms in total. The molecule has 0 aliphatic heterocycles. The van der Waals surface area contributed by atoms with E-state index >= 15 is 0 Å². The van der Waals surface area contributed by atoms with Crippen molar-refractivity contribution in [1.82, 2.24) is 0 Å². The molecule has 0 bridgehead atoms. The lowest BCUT2D eigenvalue weighted by atomic mass is 9.72. The predicted octanol–water partition coefficient (Wildman–Crippen LogP) is 8.60. The van der Waals surface area contributed by atoms with E-state index in [4.69, 9.17) is 0 Å². The summed E-state index contributed by atoms with van der Waals surface area (Å²) in [5.41, 5.74) is 0. The van der Waals surface area contributed by atoms with Crippen molar-refractivity contribution in [2.75, 3.05) is 0 Å². The SMILES string of the molecule is CCCCCC(C)C(C)CCCC(C)C(C)C(C)C(C)C(C)CC. The molecule has 0 heterocycles. The van der Waals surface area contributed by atoms with Gasteiger partial charge >= 0.3 is 0 Å². The van der Waals surface area contributed by atoms with E-state index in [9.17, 15) is 0 Å². The van der Waals surface area contributed by atoms with Gasteiger partial charge in [-0.3, -0.25) is 0 Å². The molecule has 7 atom stereocenters. The van der Waals surface area contributed by atoms with E-state index in [1.807, 2.05) is 0 Å². The van der Waals surface area contributed by atoms with Crippen LogP contribution < -0.4 is 0 Å². The van der Waals surface area contributed by atoms with Gasteiger partial charge in [-0.25, -0.2) is 0 Å². The molecule has 0 amide bonds. The maximum atomic E-state index is 2.50. The second-order valence-corrected chi connectivity index (χ2v) is 9.32. The van der Waals surface area contributed by atoms with Gasteiger partial charge in [0.15, 0.2) is 0 Å². The molecule has 0 saturated carbocycles. The molecule has 0 aromatic rings. The van der Waals surface area contributed by atoms with Crippen LogP contribution in [0.15, 0.2) is 0 Å². The first-order valence-corrected chi connectivity index (χ1v) is 11.3. The van der Waals surface area contributed by atoms with Gasteiger partial charge < -0.3 is 0 Å². The Labute approximate surface area is 155 Å². The number of hydrogen-bond donors (Lipinski definition) is 0. The molecular weight excluding hydrogens is 288 g/mol. The summed E-state index contributed by atoms with van der Waals surface area (Å²) in [6.07, 6.45) is 11.2. The van der Waals surface area contributed by atoms with E-state index in [2.05, 4.69) is 62.3 Å². The first-order valence-electron chi connectivity index (χ1n) is 11.3. The Morgan fingerprint density at radius 1 is 0.458 bits per heavy atom. The summed E-state index contributed by atoms with van der Waals surface area (Å²) in [7, 11) is 0. The van der Waals surface area contributed by atoms with E-state index in [-0.39, 0.29) is 0 Å². The zero-order valence-electron chi connectivity index (χ0n) is 18.7. The molecule has 0 aromatic heterocycles. The molecule has 0 spiro atoms. The zero-order valence-corrected chi connectivity index (χ0v) is 18.7. The topological polar surface area (TPSA) is 0 Å². The zero-order chi connectivity index (χ0) is 18.7. The Kier molecular flexibility index (Phi) is 13.2. The van der Waals surface area contributed by atoms with Gasteiger partial charge in [0.25, 0.3) is 0 Å².